The first-order valence-electron chi connectivity index (χ1n) is 11.5. The molecule has 192 valence electrons. The van der Waals surface area contributed by atoms with E-state index in [1.165, 1.54) is 24.5 Å². The van der Waals surface area contributed by atoms with Crippen LogP contribution in [-0.2, 0) is 0 Å². The molecule has 0 radical (unpaired) electrons. The van der Waals surface area contributed by atoms with Crippen molar-refractivity contribution < 1.29 is 19.2 Å². The number of piperidine rings is 1. The van der Waals surface area contributed by atoms with Crippen LogP contribution in [0, 0.1) is 10.1 Å². The summed E-state index contributed by atoms with van der Waals surface area (Å²) in [6, 6.07) is 12.9. The molecule has 3 N–H and O–H groups in total. The highest BCUT2D eigenvalue weighted by molar-refractivity contribution is 7.80. The maximum absolute atomic E-state index is 12.8. The highest BCUT2D eigenvalue weighted by Crippen LogP contribution is 2.32. The maximum Gasteiger partial charge on any atom is 0.293 e. The van der Waals surface area contributed by atoms with Crippen molar-refractivity contribution in [2.24, 2.45) is 0 Å². The zero-order chi connectivity index (χ0) is 26.4. The lowest BCUT2D eigenvalue weighted by molar-refractivity contribution is -0.384. The van der Waals surface area contributed by atoms with E-state index in [0.29, 0.717) is 27.7 Å². The number of thiophene rings is 1. The monoisotopic (exact) mass is 539 g/mol. The average molecular weight is 540 g/mol. The van der Waals surface area contributed by atoms with Gasteiger partial charge >= 0.3 is 0 Å². The van der Waals surface area contributed by atoms with Gasteiger partial charge in [0.25, 0.3) is 17.5 Å². The fraction of sp³-hybridized carbons (Fsp3) is 0.240. The van der Waals surface area contributed by atoms with Crippen LogP contribution in [0.15, 0.2) is 53.9 Å². The van der Waals surface area contributed by atoms with E-state index >= 15 is 0 Å². The van der Waals surface area contributed by atoms with E-state index in [4.69, 9.17) is 17.0 Å². The van der Waals surface area contributed by atoms with Crippen LogP contribution >= 0.6 is 23.6 Å². The van der Waals surface area contributed by atoms with Gasteiger partial charge in [0, 0.05) is 36.5 Å². The summed E-state index contributed by atoms with van der Waals surface area (Å²) in [5.74, 6) is -0.428. The zero-order valence-electron chi connectivity index (χ0n) is 20.0. The summed E-state index contributed by atoms with van der Waals surface area (Å²) in [6.45, 7) is 1.50. The van der Waals surface area contributed by atoms with Crippen LogP contribution in [0.1, 0.15) is 39.3 Å². The zero-order valence-corrected chi connectivity index (χ0v) is 21.6. The molecule has 10 nitrogen and oxygen atoms in total. The molecule has 3 aromatic rings. The third-order valence-corrected chi connectivity index (χ3v) is 6.88. The highest BCUT2D eigenvalue weighted by atomic mass is 32.1. The minimum absolute atomic E-state index is 0.00480. The summed E-state index contributed by atoms with van der Waals surface area (Å²) in [6.07, 6.45) is 3.06. The van der Waals surface area contributed by atoms with Gasteiger partial charge in [0.15, 0.2) is 5.11 Å². The number of ether oxygens (including phenoxy) is 1. The summed E-state index contributed by atoms with van der Waals surface area (Å²) >= 11 is 6.59. The fourth-order valence-electron chi connectivity index (χ4n) is 4.01. The molecule has 2 amide bonds. The van der Waals surface area contributed by atoms with Gasteiger partial charge < -0.3 is 20.3 Å². The molecule has 2 aromatic carbocycles. The second kappa shape index (κ2) is 11.8. The standard InChI is InChI=1S/C25H25N5O5S2/c1-35-21-15-17(8-9-18(21)27-24(32)22-6-5-13-37-22)26-25(36)28-23(31)16-7-10-19(20(14-16)30(33)34)29-11-3-2-4-12-29/h5-10,13-15H,2-4,11-12H2,1H3,(H,27,32)(H2,26,28,31,36). The molecule has 1 saturated heterocycles. The summed E-state index contributed by atoms with van der Waals surface area (Å²) < 4.78 is 5.38. The normalized spacial score (nSPS) is 12.9. The summed E-state index contributed by atoms with van der Waals surface area (Å²) in [7, 11) is 1.47. The second-order valence-electron chi connectivity index (χ2n) is 8.26. The van der Waals surface area contributed by atoms with E-state index in [1.54, 1.807) is 42.5 Å². The number of anilines is 3. The molecule has 0 bridgehead atoms. The first-order chi connectivity index (χ1) is 17.9. The number of benzene rings is 2. The smallest absolute Gasteiger partial charge is 0.293 e. The number of nitro benzene ring substituents is 1. The van der Waals surface area contributed by atoms with E-state index in [2.05, 4.69) is 16.0 Å². The molecule has 4 rings (SSSR count). The molecule has 1 aromatic heterocycles. The van der Waals surface area contributed by atoms with Gasteiger partial charge in [-0.2, -0.15) is 0 Å². The first-order valence-corrected chi connectivity index (χ1v) is 12.8. The Morgan fingerprint density at radius 3 is 2.51 bits per heavy atom. The van der Waals surface area contributed by atoms with Gasteiger partial charge in [0.05, 0.1) is 22.6 Å². The van der Waals surface area contributed by atoms with Gasteiger partial charge in [0.2, 0.25) is 0 Å². The predicted octanol–water partition coefficient (Wildman–Crippen LogP) is 5.03. The van der Waals surface area contributed by atoms with Gasteiger partial charge in [-0.05, 0) is 67.2 Å². The van der Waals surface area contributed by atoms with Gasteiger partial charge in [-0.1, -0.05) is 6.07 Å². The Bertz CT molecular complexity index is 1320. The van der Waals surface area contributed by atoms with Crippen molar-refractivity contribution in [3.05, 3.63) is 74.5 Å². The molecule has 0 unspecified atom stereocenters. The molecule has 37 heavy (non-hydrogen) atoms. The lowest BCUT2D eigenvalue weighted by atomic mass is 10.1. The van der Waals surface area contributed by atoms with Crippen LogP contribution in [0.4, 0.5) is 22.7 Å². The Hall–Kier alpha value is -4.03. The molecule has 1 aliphatic heterocycles. The molecule has 2 heterocycles. The van der Waals surface area contributed by atoms with Crippen molar-refractivity contribution in [1.29, 1.82) is 0 Å². The largest absolute Gasteiger partial charge is 0.494 e. The van der Waals surface area contributed by atoms with E-state index in [1.807, 2.05) is 10.3 Å². The van der Waals surface area contributed by atoms with Crippen molar-refractivity contribution in [3.8, 4) is 5.75 Å². The van der Waals surface area contributed by atoms with Crippen molar-refractivity contribution >= 4 is 63.2 Å². The summed E-state index contributed by atoms with van der Waals surface area (Å²) in [4.78, 5) is 38.9. The Balaban J connectivity index is 1.42. The number of hydrogen-bond acceptors (Lipinski definition) is 8. The quantitative estimate of drug-likeness (QED) is 0.217. The van der Waals surface area contributed by atoms with Crippen LogP contribution in [0.2, 0.25) is 0 Å². The molecule has 1 aliphatic rings. The topological polar surface area (TPSA) is 126 Å². The molecule has 1 fully saturated rings. The van der Waals surface area contributed by atoms with Crippen molar-refractivity contribution in [1.82, 2.24) is 5.32 Å². The number of carbonyl (C=O) groups is 2. The molecule has 12 heteroatoms. The molecular weight excluding hydrogens is 514 g/mol. The minimum Gasteiger partial charge on any atom is -0.494 e. The molecular formula is C25H25N5O5S2. The van der Waals surface area contributed by atoms with Crippen LogP contribution in [0.5, 0.6) is 5.75 Å². The number of carbonyl (C=O) groups excluding carboxylic acids is 2. The van der Waals surface area contributed by atoms with E-state index in [0.717, 1.165) is 32.4 Å². The molecule has 0 saturated carbocycles. The van der Waals surface area contributed by atoms with Gasteiger partial charge in [-0.3, -0.25) is 25.0 Å². The van der Waals surface area contributed by atoms with Crippen LogP contribution < -0.4 is 25.6 Å². The van der Waals surface area contributed by atoms with E-state index in [9.17, 15) is 19.7 Å². The predicted molar refractivity (Wildman–Crippen MR) is 148 cm³/mol. The van der Waals surface area contributed by atoms with Crippen molar-refractivity contribution in [2.45, 2.75) is 19.3 Å². The Kier molecular flexibility index (Phi) is 8.31. The molecule has 0 spiro atoms. The summed E-state index contributed by atoms with van der Waals surface area (Å²) in [5, 5.41) is 21.8. The van der Waals surface area contributed by atoms with Crippen LogP contribution in [0.25, 0.3) is 0 Å². The fourth-order valence-corrected chi connectivity index (χ4v) is 4.84. The number of nitrogens with zero attached hydrogens (tertiary/aromatic N) is 2. The Morgan fingerprint density at radius 1 is 1.05 bits per heavy atom. The average Bonchev–Trinajstić information content (AvgIpc) is 3.45. The number of nitrogens with one attached hydrogen (secondary N) is 3. The van der Waals surface area contributed by atoms with Gasteiger partial charge in [-0.25, -0.2) is 0 Å². The van der Waals surface area contributed by atoms with Crippen molar-refractivity contribution in [2.75, 3.05) is 35.7 Å². The number of rotatable bonds is 7. The first kappa shape index (κ1) is 26.0. The van der Waals surface area contributed by atoms with Crippen LogP contribution in [-0.4, -0.2) is 42.0 Å². The second-order valence-corrected chi connectivity index (χ2v) is 9.62. The number of amides is 2. The molecule has 0 atom stereocenters. The molecule has 0 aliphatic carbocycles. The van der Waals surface area contributed by atoms with E-state index < -0.39 is 10.8 Å². The number of thiocarbonyl (C=S) groups is 1. The lowest BCUT2D eigenvalue weighted by Crippen LogP contribution is -2.34. The number of hydrogen-bond donors (Lipinski definition) is 3. The minimum atomic E-state index is -0.572. The van der Waals surface area contributed by atoms with Crippen molar-refractivity contribution in [3.63, 3.8) is 0 Å². The van der Waals surface area contributed by atoms with Gasteiger partial charge in [-0.15, -0.1) is 11.3 Å². The maximum atomic E-state index is 12.8. The summed E-state index contributed by atoms with van der Waals surface area (Å²) in [5.41, 5.74) is 1.52. The number of methoxy groups -OCH3 is 1. The SMILES string of the molecule is COc1cc(NC(=S)NC(=O)c2ccc(N3CCCCC3)c([N+](=O)[O-])c2)ccc1NC(=O)c1cccs1. The van der Waals surface area contributed by atoms with E-state index in [-0.39, 0.29) is 22.3 Å². The number of nitro groups is 1. The van der Waals surface area contributed by atoms with Crippen LogP contribution in [0.3, 0.4) is 0 Å². The third kappa shape index (κ3) is 6.40. The Morgan fingerprint density at radius 2 is 1.84 bits per heavy atom. The van der Waals surface area contributed by atoms with Gasteiger partial charge in [0.1, 0.15) is 11.4 Å². The Labute approximate surface area is 222 Å². The lowest BCUT2D eigenvalue weighted by Gasteiger charge is -2.28. The third-order valence-electron chi connectivity index (χ3n) is 5.81. The highest BCUT2D eigenvalue weighted by Gasteiger charge is 2.23.